The molecule has 0 aromatic carbocycles. The first-order chi connectivity index (χ1) is 10.2. The van der Waals surface area contributed by atoms with E-state index in [1.54, 1.807) is 0 Å². The molecule has 1 aromatic heterocycles. The van der Waals surface area contributed by atoms with E-state index in [0.717, 1.165) is 19.6 Å². The van der Waals surface area contributed by atoms with Gasteiger partial charge in [0.1, 0.15) is 0 Å². The third-order valence-electron chi connectivity index (χ3n) is 5.18. The quantitative estimate of drug-likeness (QED) is 0.818. The van der Waals surface area contributed by atoms with Crippen molar-refractivity contribution in [3.8, 4) is 0 Å². The lowest BCUT2D eigenvalue weighted by atomic mass is 9.98. The van der Waals surface area contributed by atoms with Gasteiger partial charge in [-0.15, -0.1) is 0 Å². The van der Waals surface area contributed by atoms with Crippen LogP contribution >= 0.6 is 0 Å². The zero-order chi connectivity index (χ0) is 14.7. The predicted molar refractivity (Wildman–Crippen MR) is 84.3 cm³/mol. The van der Waals surface area contributed by atoms with E-state index in [4.69, 9.17) is 4.74 Å². The Morgan fingerprint density at radius 1 is 1.38 bits per heavy atom. The average Bonchev–Trinajstić information content (AvgIpc) is 3.18. The SMILES string of the molecule is CCCNCc1cnn(CC2CCC3(CCCC3)O2)c1C. The highest BCUT2D eigenvalue weighted by Gasteiger charge is 2.42. The number of rotatable bonds is 6. The third-order valence-corrected chi connectivity index (χ3v) is 5.18. The van der Waals surface area contributed by atoms with Gasteiger partial charge in [0.05, 0.1) is 24.4 Å². The van der Waals surface area contributed by atoms with Crippen LogP contribution in [0, 0.1) is 6.92 Å². The summed E-state index contributed by atoms with van der Waals surface area (Å²) >= 11 is 0. The molecule has 1 aliphatic heterocycles. The molecule has 1 saturated carbocycles. The smallest absolute Gasteiger partial charge is 0.0779 e. The van der Waals surface area contributed by atoms with Gasteiger partial charge in [0, 0.05) is 17.8 Å². The second-order valence-corrected chi connectivity index (χ2v) is 6.78. The van der Waals surface area contributed by atoms with Crippen molar-refractivity contribution >= 4 is 0 Å². The van der Waals surface area contributed by atoms with Crippen molar-refractivity contribution in [1.82, 2.24) is 15.1 Å². The van der Waals surface area contributed by atoms with Crippen molar-refractivity contribution in [1.29, 1.82) is 0 Å². The molecule has 1 saturated heterocycles. The van der Waals surface area contributed by atoms with Crippen LogP contribution in [0.1, 0.15) is 63.1 Å². The molecule has 2 aliphatic rings. The molecule has 1 spiro atoms. The Bertz CT molecular complexity index is 463. The summed E-state index contributed by atoms with van der Waals surface area (Å²) in [7, 11) is 0. The molecule has 1 atom stereocenters. The molecule has 1 aromatic rings. The zero-order valence-corrected chi connectivity index (χ0v) is 13.5. The fraction of sp³-hybridized carbons (Fsp3) is 0.824. The van der Waals surface area contributed by atoms with Crippen molar-refractivity contribution in [3.05, 3.63) is 17.5 Å². The Balaban J connectivity index is 1.56. The number of aromatic nitrogens is 2. The van der Waals surface area contributed by atoms with Crippen molar-refractivity contribution < 1.29 is 4.74 Å². The standard InChI is InChI=1S/C17H29N3O/c1-3-10-18-11-15-12-19-20(14(15)2)13-16-6-9-17(21-16)7-4-5-8-17/h12,16,18H,3-11,13H2,1-2H3. The van der Waals surface area contributed by atoms with E-state index < -0.39 is 0 Å². The molecule has 3 rings (SSSR count). The van der Waals surface area contributed by atoms with Gasteiger partial charge in [-0.05, 0) is 45.6 Å². The van der Waals surface area contributed by atoms with Gasteiger partial charge in [-0.3, -0.25) is 4.68 Å². The van der Waals surface area contributed by atoms with E-state index in [2.05, 4.69) is 28.9 Å². The number of ether oxygens (including phenoxy) is 1. The van der Waals surface area contributed by atoms with Crippen molar-refractivity contribution in [2.75, 3.05) is 6.54 Å². The summed E-state index contributed by atoms with van der Waals surface area (Å²) in [6.45, 7) is 7.28. The third kappa shape index (κ3) is 3.32. The Morgan fingerprint density at radius 3 is 2.95 bits per heavy atom. The number of nitrogens with zero attached hydrogens (tertiary/aromatic N) is 2. The van der Waals surface area contributed by atoms with E-state index in [1.807, 2.05) is 6.20 Å². The van der Waals surface area contributed by atoms with Gasteiger partial charge < -0.3 is 10.1 Å². The zero-order valence-electron chi connectivity index (χ0n) is 13.5. The van der Waals surface area contributed by atoms with Crippen LogP contribution in [0.5, 0.6) is 0 Å². The first kappa shape index (κ1) is 15.0. The maximum atomic E-state index is 6.40. The lowest BCUT2D eigenvalue weighted by Gasteiger charge is -2.24. The number of hydrogen-bond acceptors (Lipinski definition) is 3. The van der Waals surface area contributed by atoms with Crippen LogP contribution in [0.25, 0.3) is 0 Å². The summed E-state index contributed by atoms with van der Waals surface area (Å²) in [4.78, 5) is 0. The molecule has 1 unspecified atom stereocenters. The summed E-state index contributed by atoms with van der Waals surface area (Å²) in [6, 6.07) is 0. The van der Waals surface area contributed by atoms with Gasteiger partial charge >= 0.3 is 0 Å². The highest BCUT2D eigenvalue weighted by atomic mass is 16.5. The van der Waals surface area contributed by atoms with Gasteiger partial charge in [-0.2, -0.15) is 5.10 Å². The van der Waals surface area contributed by atoms with E-state index in [-0.39, 0.29) is 5.60 Å². The highest BCUT2D eigenvalue weighted by Crippen LogP contribution is 2.43. The maximum absolute atomic E-state index is 6.40. The lowest BCUT2D eigenvalue weighted by molar-refractivity contribution is -0.0431. The van der Waals surface area contributed by atoms with Crippen LogP contribution in [0.15, 0.2) is 6.20 Å². The van der Waals surface area contributed by atoms with Crippen molar-refractivity contribution in [2.24, 2.45) is 0 Å². The Morgan fingerprint density at radius 2 is 2.19 bits per heavy atom. The van der Waals surface area contributed by atoms with Gasteiger partial charge in [0.15, 0.2) is 0 Å². The lowest BCUT2D eigenvalue weighted by Crippen LogP contribution is -2.27. The summed E-state index contributed by atoms with van der Waals surface area (Å²) in [6.07, 6.45) is 11.2. The Labute approximate surface area is 128 Å². The topological polar surface area (TPSA) is 39.1 Å². The van der Waals surface area contributed by atoms with Crippen LogP contribution in [0.3, 0.4) is 0 Å². The van der Waals surface area contributed by atoms with Gasteiger partial charge in [0.25, 0.3) is 0 Å². The van der Waals surface area contributed by atoms with Crippen LogP contribution in [-0.2, 0) is 17.8 Å². The molecule has 21 heavy (non-hydrogen) atoms. The molecule has 4 heteroatoms. The van der Waals surface area contributed by atoms with Crippen molar-refractivity contribution in [2.45, 2.75) is 83.6 Å². The number of hydrogen-bond donors (Lipinski definition) is 1. The molecule has 4 nitrogen and oxygen atoms in total. The fourth-order valence-electron chi connectivity index (χ4n) is 3.85. The van der Waals surface area contributed by atoms with Crippen LogP contribution < -0.4 is 5.32 Å². The molecule has 2 fully saturated rings. The average molecular weight is 291 g/mol. The molecule has 0 radical (unpaired) electrons. The largest absolute Gasteiger partial charge is 0.370 e. The van der Waals surface area contributed by atoms with Gasteiger partial charge in [-0.1, -0.05) is 19.8 Å². The normalized spacial score (nSPS) is 24.2. The minimum atomic E-state index is 0.233. The second-order valence-electron chi connectivity index (χ2n) is 6.78. The summed E-state index contributed by atoms with van der Waals surface area (Å²) < 4.78 is 8.54. The van der Waals surface area contributed by atoms with Crippen LogP contribution in [0.2, 0.25) is 0 Å². The Kier molecular flexibility index (Phi) is 4.65. The molecule has 0 bridgehead atoms. The van der Waals surface area contributed by atoms with Crippen molar-refractivity contribution in [3.63, 3.8) is 0 Å². The molecular weight excluding hydrogens is 262 g/mol. The van der Waals surface area contributed by atoms with Gasteiger partial charge in [0.2, 0.25) is 0 Å². The number of nitrogens with one attached hydrogen (secondary N) is 1. The predicted octanol–water partition coefficient (Wildman–Crippen LogP) is 3.18. The molecule has 0 amide bonds. The maximum Gasteiger partial charge on any atom is 0.0779 e. The molecule has 118 valence electrons. The minimum absolute atomic E-state index is 0.233. The summed E-state index contributed by atoms with van der Waals surface area (Å²) in [5.41, 5.74) is 2.84. The monoisotopic (exact) mass is 291 g/mol. The Hall–Kier alpha value is -0.870. The highest BCUT2D eigenvalue weighted by molar-refractivity contribution is 5.16. The first-order valence-electron chi connectivity index (χ1n) is 8.62. The van der Waals surface area contributed by atoms with Crippen LogP contribution in [-0.4, -0.2) is 28.0 Å². The van der Waals surface area contributed by atoms with E-state index in [0.29, 0.717) is 6.10 Å². The van der Waals surface area contributed by atoms with Gasteiger partial charge in [-0.25, -0.2) is 0 Å². The second kappa shape index (κ2) is 6.49. The van der Waals surface area contributed by atoms with E-state index in [1.165, 1.54) is 56.2 Å². The first-order valence-corrected chi connectivity index (χ1v) is 8.62. The summed E-state index contributed by atoms with van der Waals surface area (Å²) in [5.74, 6) is 0. The molecular formula is C17H29N3O. The molecule has 1 aliphatic carbocycles. The molecule has 1 N–H and O–H groups in total. The minimum Gasteiger partial charge on any atom is -0.370 e. The van der Waals surface area contributed by atoms with E-state index >= 15 is 0 Å². The van der Waals surface area contributed by atoms with Crippen LogP contribution in [0.4, 0.5) is 0 Å². The van der Waals surface area contributed by atoms with E-state index in [9.17, 15) is 0 Å². The fourth-order valence-corrected chi connectivity index (χ4v) is 3.85. The molecule has 2 heterocycles. The summed E-state index contributed by atoms with van der Waals surface area (Å²) in [5, 5.41) is 8.02.